The topological polar surface area (TPSA) is 75.6 Å². The molecule has 6 heteroatoms. The predicted molar refractivity (Wildman–Crippen MR) is 80.8 cm³/mol. The van der Waals surface area contributed by atoms with Crippen LogP contribution in [0.3, 0.4) is 0 Å². The number of aliphatic carboxylic acids is 1. The van der Waals surface area contributed by atoms with E-state index < -0.39 is 11.5 Å². The summed E-state index contributed by atoms with van der Waals surface area (Å²) in [6, 6.07) is 4.98. The van der Waals surface area contributed by atoms with Crippen molar-refractivity contribution in [1.82, 2.24) is 5.32 Å². The lowest BCUT2D eigenvalue weighted by Crippen LogP contribution is -2.52. The molecule has 0 spiro atoms. The molecule has 0 fully saturated rings. The Balaban J connectivity index is 2.86. The fourth-order valence-electron chi connectivity index (χ4n) is 2.13. The number of carbonyl (C=O) groups is 2. The SMILES string of the molecule is CCCC(C)(NC(=O)Cc1cc(Cl)ccc1OC)C(=O)O. The van der Waals surface area contributed by atoms with E-state index in [0.717, 1.165) is 0 Å². The summed E-state index contributed by atoms with van der Waals surface area (Å²) in [5.41, 5.74) is -0.649. The first-order chi connectivity index (χ1) is 9.82. The summed E-state index contributed by atoms with van der Waals surface area (Å²) in [6.45, 7) is 3.37. The summed E-state index contributed by atoms with van der Waals surface area (Å²) in [5.74, 6) is -0.883. The molecule has 21 heavy (non-hydrogen) atoms. The van der Waals surface area contributed by atoms with Crippen molar-refractivity contribution in [2.24, 2.45) is 0 Å². The van der Waals surface area contributed by atoms with Gasteiger partial charge in [0.25, 0.3) is 0 Å². The Bertz CT molecular complexity index is 532. The van der Waals surface area contributed by atoms with Gasteiger partial charge in [-0.15, -0.1) is 0 Å². The molecule has 1 unspecified atom stereocenters. The van der Waals surface area contributed by atoms with Crippen LogP contribution in [0.5, 0.6) is 5.75 Å². The van der Waals surface area contributed by atoms with Crippen LogP contribution < -0.4 is 10.1 Å². The molecule has 0 aliphatic carbocycles. The van der Waals surface area contributed by atoms with Gasteiger partial charge in [0.2, 0.25) is 5.91 Å². The van der Waals surface area contributed by atoms with Crippen LogP contribution in [0.2, 0.25) is 5.02 Å². The first kappa shape index (κ1) is 17.3. The molecule has 1 atom stereocenters. The largest absolute Gasteiger partial charge is 0.496 e. The lowest BCUT2D eigenvalue weighted by Gasteiger charge is -2.26. The number of carbonyl (C=O) groups excluding carboxylic acids is 1. The van der Waals surface area contributed by atoms with Gasteiger partial charge in [0.05, 0.1) is 13.5 Å². The number of rotatable bonds is 7. The third-order valence-corrected chi connectivity index (χ3v) is 3.47. The molecule has 1 amide bonds. The predicted octanol–water partition coefficient (Wildman–Crippen LogP) is 2.65. The quantitative estimate of drug-likeness (QED) is 0.811. The van der Waals surface area contributed by atoms with Gasteiger partial charge in [-0.1, -0.05) is 24.9 Å². The second-order valence-corrected chi connectivity index (χ2v) is 5.50. The summed E-state index contributed by atoms with van der Waals surface area (Å²) in [6.07, 6.45) is 1.03. The van der Waals surface area contributed by atoms with E-state index in [1.54, 1.807) is 18.2 Å². The maximum Gasteiger partial charge on any atom is 0.329 e. The van der Waals surface area contributed by atoms with Gasteiger partial charge in [0.1, 0.15) is 11.3 Å². The van der Waals surface area contributed by atoms with Gasteiger partial charge >= 0.3 is 5.97 Å². The third kappa shape index (κ3) is 4.63. The molecule has 0 radical (unpaired) electrons. The number of halogens is 1. The minimum absolute atomic E-state index is 0.0102. The highest BCUT2D eigenvalue weighted by atomic mass is 35.5. The van der Waals surface area contributed by atoms with Gasteiger partial charge in [-0.2, -0.15) is 0 Å². The molecule has 1 rings (SSSR count). The molecule has 0 aliphatic heterocycles. The van der Waals surface area contributed by atoms with Crippen LogP contribution in [0.4, 0.5) is 0 Å². The number of ether oxygens (including phenoxy) is 1. The minimum Gasteiger partial charge on any atom is -0.496 e. The van der Waals surface area contributed by atoms with Crippen LogP contribution in [0.1, 0.15) is 32.3 Å². The Morgan fingerprint density at radius 1 is 1.43 bits per heavy atom. The first-order valence-electron chi connectivity index (χ1n) is 6.69. The molecule has 0 aliphatic rings. The van der Waals surface area contributed by atoms with Gasteiger partial charge in [-0.3, -0.25) is 4.79 Å². The number of nitrogens with one attached hydrogen (secondary N) is 1. The van der Waals surface area contributed by atoms with Crippen LogP contribution in [0.15, 0.2) is 18.2 Å². The van der Waals surface area contributed by atoms with E-state index >= 15 is 0 Å². The lowest BCUT2D eigenvalue weighted by molar-refractivity contribution is -0.147. The Morgan fingerprint density at radius 3 is 2.62 bits per heavy atom. The number of hydrogen-bond acceptors (Lipinski definition) is 3. The van der Waals surface area contributed by atoms with Crippen molar-refractivity contribution in [3.8, 4) is 5.75 Å². The van der Waals surface area contributed by atoms with E-state index in [1.807, 2.05) is 6.92 Å². The monoisotopic (exact) mass is 313 g/mol. The summed E-state index contributed by atoms with van der Waals surface area (Å²) in [5, 5.41) is 12.3. The van der Waals surface area contributed by atoms with Crippen molar-refractivity contribution in [2.75, 3.05) is 7.11 Å². The molecule has 2 N–H and O–H groups in total. The van der Waals surface area contributed by atoms with Gasteiger partial charge in [0.15, 0.2) is 0 Å². The van der Waals surface area contributed by atoms with Crippen LogP contribution in [0.25, 0.3) is 0 Å². The smallest absolute Gasteiger partial charge is 0.329 e. The maximum atomic E-state index is 12.1. The first-order valence-corrected chi connectivity index (χ1v) is 7.07. The van der Waals surface area contributed by atoms with Gasteiger partial charge < -0.3 is 15.2 Å². The molecule has 5 nitrogen and oxygen atoms in total. The highest BCUT2D eigenvalue weighted by Gasteiger charge is 2.33. The molecule has 1 aromatic rings. The summed E-state index contributed by atoms with van der Waals surface area (Å²) < 4.78 is 5.17. The van der Waals surface area contributed by atoms with E-state index in [-0.39, 0.29) is 12.3 Å². The van der Waals surface area contributed by atoms with Crippen LogP contribution in [-0.4, -0.2) is 29.6 Å². The van der Waals surface area contributed by atoms with Crippen LogP contribution in [-0.2, 0) is 16.0 Å². The summed E-state index contributed by atoms with van der Waals surface area (Å²) in [7, 11) is 1.50. The molecule has 0 heterocycles. The number of carboxylic acid groups (broad SMARTS) is 1. The Kier molecular flexibility index (Phi) is 6.03. The van der Waals surface area contributed by atoms with E-state index in [2.05, 4.69) is 5.32 Å². The van der Waals surface area contributed by atoms with Crippen molar-refractivity contribution in [2.45, 2.75) is 38.6 Å². The molecule has 1 aromatic carbocycles. The molecule has 0 saturated carbocycles. The molecule has 0 saturated heterocycles. The fraction of sp³-hybridized carbons (Fsp3) is 0.467. The lowest BCUT2D eigenvalue weighted by atomic mass is 9.95. The fourth-order valence-corrected chi connectivity index (χ4v) is 2.33. The van der Waals surface area contributed by atoms with E-state index in [1.165, 1.54) is 14.0 Å². The number of benzene rings is 1. The maximum absolute atomic E-state index is 12.1. The van der Waals surface area contributed by atoms with Crippen molar-refractivity contribution in [3.05, 3.63) is 28.8 Å². The zero-order valence-corrected chi connectivity index (χ0v) is 13.2. The molecular weight excluding hydrogens is 294 g/mol. The van der Waals surface area contributed by atoms with Crippen molar-refractivity contribution in [1.29, 1.82) is 0 Å². The Labute approximate surface area is 129 Å². The highest BCUT2D eigenvalue weighted by molar-refractivity contribution is 6.30. The molecule has 0 aromatic heterocycles. The van der Waals surface area contributed by atoms with Crippen LogP contribution in [0, 0.1) is 0 Å². The summed E-state index contributed by atoms with van der Waals surface area (Å²) in [4.78, 5) is 23.4. The standard InChI is InChI=1S/C15H20ClNO4/c1-4-7-15(2,14(19)20)17-13(18)9-10-8-11(16)5-6-12(10)21-3/h5-6,8H,4,7,9H2,1-3H3,(H,17,18)(H,19,20). The Morgan fingerprint density at radius 2 is 2.10 bits per heavy atom. The average molecular weight is 314 g/mol. The number of amides is 1. The zero-order valence-electron chi connectivity index (χ0n) is 12.4. The average Bonchev–Trinajstić information content (AvgIpc) is 2.38. The third-order valence-electron chi connectivity index (χ3n) is 3.23. The molecule has 0 bridgehead atoms. The minimum atomic E-state index is -1.27. The zero-order chi connectivity index (χ0) is 16.0. The van der Waals surface area contributed by atoms with Crippen molar-refractivity contribution in [3.63, 3.8) is 0 Å². The number of carboxylic acids is 1. The van der Waals surface area contributed by atoms with E-state index in [4.69, 9.17) is 16.3 Å². The molecule has 116 valence electrons. The van der Waals surface area contributed by atoms with Gasteiger partial charge in [-0.05, 0) is 31.5 Å². The second kappa shape index (κ2) is 7.31. The van der Waals surface area contributed by atoms with Crippen molar-refractivity contribution < 1.29 is 19.4 Å². The van der Waals surface area contributed by atoms with Gasteiger partial charge in [-0.25, -0.2) is 4.79 Å². The van der Waals surface area contributed by atoms with Crippen molar-refractivity contribution >= 4 is 23.5 Å². The molecular formula is C15H20ClNO4. The number of hydrogen-bond donors (Lipinski definition) is 2. The van der Waals surface area contributed by atoms with Crippen LogP contribution >= 0.6 is 11.6 Å². The van der Waals surface area contributed by atoms with E-state index in [9.17, 15) is 14.7 Å². The summed E-state index contributed by atoms with van der Waals surface area (Å²) >= 11 is 5.91. The van der Waals surface area contributed by atoms with Gasteiger partial charge in [0, 0.05) is 10.6 Å². The second-order valence-electron chi connectivity index (χ2n) is 5.07. The highest BCUT2D eigenvalue weighted by Crippen LogP contribution is 2.23. The van der Waals surface area contributed by atoms with E-state index in [0.29, 0.717) is 29.2 Å². The Hall–Kier alpha value is -1.75. The number of methoxy groups -OCH3 is 1. The normalized spacial score (nSPS) is 13.3.